The van der Waals surface area contributed by atoms with Crippen molar-refractivity contribution < 1.29 is 9.84 Å². The van der Waals surface area contributed by atoms with Crippen LogP contribution in [0.1, 0.15) is 31.4 Å². The number of phenolic OH excluding ortho intramolecular Hbond substituents is 1. The molecule has 0 saturated heterocycles. The van der Waals surface area contributed by atoms with E-state index in [0.717, 1.165) is 18.4 Å². The first-order chi connectivity index (χ1) is 6.70. The number of benzene rings is 1. The molecule has 0 fully saturated rings. The lowest BCUT2D eigenvalue weighted by atomic mass is 10.0. The molecule has 0 unspecified atom stereocenters. The maximum absolute atomic E-state index is 9.78. The van der Waals surface area contributed by atoms with Gasteiger partial charge in [0.1, 0.15) is 0 Å². The van der Waals surface area contributed by atoms with Gasteiger partial charge in [0.2, 0.25) is 0 Å². The summed E-state index contributed by atoms with van der Waals surface area (Å²) in [5.41, 5.74) is 6.67. The van der Waals surface area contributed by atoms with Crippen LogP contribution >= 0.6 is 0 Å². The fourth-order valence-corrected chi connectivity index (χ4v) is 1.47. The van der Waals surface area contributed by atoms with Crippen LogP contribution in [-0.2, 0) is 0 Å². The molecule has 0 amide bonds. The van der Waals surface area contributed by atoms with Crippen LogP contribution in [0.15, 0.2) is 18.2 Å². The molecular weight excluding hydrogens is 178 g/mol. The number of aromatic hydroxyl groups is 1. The van der Waals surface area contributed by atoms with Gasteiger partial charge in [-0.1, -0.05) is 25.5 Å². The number of rotatable bonds is 4. The molecule has 1 aromatic carbocycles. The predicted octanol–water partition coefficient (Wildman–Crippen LogP) is 2.20. The summed E-state index contributed by atoms with van der Waals surface area (Å²) in [7, 11) is 1.53. The zero-order chi connectivity index (χ0) is 10.6. The molecule has 0 aliphatic heterocycles. The number of hydrogen-bond acceptors (Lipinski definition) is 3. The standard InChI is InChI=1S/C11H17NO2/c1-3-5-9(12)8-6-4-7-10(14-2)11(8)13/h4,6-7,9,13H,3,5,12H2,1-2H3/t9-/m0/s1. The van der Waals surface area contributed by atoms with Gasteiger partial charge in [0.25, 0.3) is 0 Å². The maximum atomic E-state index is 9.78. The summed E-state index contributed by atoms with van der Waals surface area (Å²) in [4.78, 5) is 0. The average Bonchev–Trinajstić information content (AvgIpc) is 2.18. The third-order valence-electron chi connectivity index (χ3n) is 2.25. The summed E-state index contributed by atoms with van der Waals surface area (Å²) in [6.45, 7) is 2.07. The smallest absolute Gasteiger partial charge is 0.162 e. The van der Waals surface area contributed by atoms with Crippen LogP contribution in [0.3, 0.4) is 0 Å². The molecule has 1 aromatic rings. The van der Waals surface area contributed by atoms with Gasteiger partial charge in [0, 0.05) is 11.6 Å². The SMILES string of the molecule is CCC[C@H](N)c1cccc(OC)c1O. The van der Waals surface area contributed by atoms with Crippen LogP contribution in [0.2, 0.25) is 0 Å². The Hall–Kier alpha value is -1.22. The fourth-order valence-electron chi connectivity index (χ4n) is 1.47. The molecule has 0 aliphatic carbocycles. The quantitative estimate of drug-likeness (QED) is 0.774. The lowest BCUT2D eigenvalue weighted by Gasteiger charge is -2.14. The van der Waals surface area contributed by atoms with Crippen molar-refractivity contribution >= 4 is 0 Å². The molecule has 78 valence electrons. The molecule has 3 heteroatoms. The molecule has 0 bridgehead atoms. The average molecular weight is 195 g/mol. The minimum atomic E-state index is -0.116. The van der Waals surface area contributed by atoms with Crippen molar-refractivity contribution in [2.24, 2.45) is 5.73 Å². The van der Waals surface area contributed by atoms with E-state index in [1.54, 1.807) is 6.07 Å². The Morgan fingerprint density at radius 1 is 1.50 bits per heavy atom. The highest BCUT2D eigenvalue weighted by Crippen LogP contribution is 2.33. The van der Waals surface area contributed by atoms with Gasteiger partial charge >= 0.3 is 0 Å². The van der Waals surface area contributed by atoms with Gasteiger partial charge in [-0.15, -0.1) is 0 Å². The van der Waals surface area contributed by atoms with E-state index in [1.165, 1.54) is 7.11 Å². The lowest BCUT2D eigenvalue weighted by molar-refractivity contribution is 0.368. The number of ether oxygens (including phenoxy) is 1. The van der Waals surface area contributed by atoms with E-state index in [2.05, 4.69) is 6.92 Å². The molecule has 0 aliphatic rings. The molecule has 1 rings (SSSR count). The van der Waals surface area contributed by atoms with Gasteiger partial charge in [-0.2, -0.15) is 0 Å². The van der Waals surface area contributed by atoms with Gasteiger partial charge in [0.15, 0.2) is 11.5 Å². The Kier molecular flexibility index (Phi) is 3.77. The Morgan fingerprint density at radius 3 is 2.79 bits per heavy atom. The van der Waals surface area contributed by atoms with Crippen molar-refractivity contribution in [2.75, 3.05) is 7.11 Å². The summed E-state index contributed by atoms with van der Waals surface area (Å²) in [6, 6.07) is 5.27. The third-order valence-corrected chi connectivity index (χ3v) is 2.25. The second-order valence-electron chi connectivity index (χ2n) is 3.29. The monoisotopic (exact) mass is 195 g/mol. The fraction of sp³-hybridized carbons (Fsp3) is 0.455. The van der Waals surface area contributed by atoms with E-state index in [-0.39, 0.29) is 11.8 Å². The van der Waals surface area contributed by atoms with Gasteiger partial charge in [0.05, 0.1) is 7.11 Å². The van der Waals surface area contributed by atoms with E-state index in [1.807, 2.05) is 12.1 Å². The summed E-state index contributed by atoms with van der Waals surface area (Å²) in [5.74, 6) is 0.644. The summed E-state index contributed by atoms with van der Waals surface area (Å²) in [6.07, 6.45) is 1.86. The summed E-state index contributed by atoms with van der Waals surface area (Å²) in [5, 5.41) is 9.78. The zero-order valence-electron chi connectivity index (χ0n) is 8.66. The molecule has 1 atom stereocenters. The zero-order valence-corrected chi connectivity index (χ0v) is 8.66. The Morgan fingerprint density at radius 2 is 2.21 bits per heavy atom. The molecule has 0 saturated carbocycles. The molecule has 0 spiro atoms. The minimum absolute atomic E-state index is 0.116. The third kappa shape index (κ3) is 2.17. The Bertz CT molecular complexity index is 299. The first kappa shape index (κ1) is 10.9. The van der Waals surface area contributed by atoms with Crippen molar-refractivity contribution in [2.45, 2.75) is 25.8 Å². The second kappa shape index (κ2) is 4.86. The van der Waals surface area contributed by atoms with E-state index in [9.17, 15) is 5.11 Å². The van der Waals surface area contributed by atoms with Gasteiger partial charge in [-0.05, 0) is 12.5 Å². The molecule has 3 nitrogen and oxygen atoms in total. The Balaban J connectivity index is 2.96. The number of nitrogens with two attached hydrogens (primary N) is 1. The van der Waals surface area contributed by atoms with Crippen LogP contribution in [0.4, 0.5) is 0 Å². The first-order valence-electron chi connectivity index (χ1n) is 4.82. The number of methoxy groups -OCH3 is 1. The Labute approximate surface area is 84.5 Å². The van der Waals surface area contributed by atoms with Crippen LogP contribution in [0.25, 0.3) is 0 Å². The van der Waals surface area contributed by atoms with Crippen LogP contribution in [0, 0.1) is 0 Å². The lowest BCUT2D eigenvalue weighted by Crippen LogP contribution is -2.10. The van der Waals surface area contributed by atoms with Crippen LogP contribution in [-0.4, -0.2) is 12.2 Å². The van der Waals surface area contributed by atoms with E-state index in [0.29, 0.717) is 5.75 Å². The highest BCUT2D eigenvalue weighted by atomic mass is 16.5. The molecular formula is C11H17NO2. The van der Waals surface area contributed by atoms with Gasteiger partial charge < -0.3 is 15.6 Å². The highest BCUT2D eigenvalue weighted by Gasteiger charge is 2.12. The molecule has 0 heterocycles. The van der Waals surface area contributed by atoms with Crippen LogP contribution in [0.5, 0.6) is 11.5 Å². The van der Waals surface area contributed by atoms with E-state index < -0.39 is 0 Å². The maximum Gasteiger partial charge on any atom is 0.162 e. The predicted molar refractivity (Wildman–Crippen MR) is 56.5 cm³/mol. The van der Waals surface area contributed by atoms with Crippen molar-refractivity contribution in [1.82, 2.24) is 0 Å². The van der Waals surface area contributed by atoms with Crippen molar-refractivity contribution in [3.05, 3.63) is 23.8 Å². The number of para-hydroxylation sites is 1. The largest absolute Gasteiger partial charge is 0.504 e. The first-order valence-corrected chi connectivity index (χ1v) is 4.82. The van der Waals surface area contributed by atoms with E-state index >= 15 is 0 Å². The molecule has 14 heavy (non-hydrogen) atoms. The van der Waals surface area contributed by atoms with Crippen LogP contribution < -0.4 is 10.5 Å². The summed E-state index contributed by atoms with van der Waals surface area (Å²) < 4.78 is 5.01. The van der Waals surface area contributed by atoms with Crippen molar-refractivity contribution in [1.29, 1.82) is 0 Å². The highest BCUT2D eigenvalue weighted by molar-refractivity contribution is 5.46. The normalized spacial score (nSPS) is 12.5. The molecule has 0 aromatic heterocycles. The van der Waals surface area contributed by atoms with Crippen molar-refractivity contribution in [3.8, 4) is 11.5 Å². The number of phenols is 1. The van der Waals surface area contributed by atoms with E-state index in [4.69, 9.17) is 10.5 Å². The minimum Gasteiger partial charge on any atom is -0.504 e. The topological polar surface area (TPSA) is 55.5 Å². The number of hydrogen-bond donors (Lipinski definition) is 2. The molecule has 3 N–H and O–H groups in total. The van der Waals surface area contributed by atoms with Gasteiger partial charge in [-0.25, -0.2) is 0 Å². The molecule has 0 radical (unpaired) electrons. The van der Waals surface area contributed by atoms with Gasteiger partial charge in [-0.3, -0.25) is 0 Å². The summed E-state index contributed by atoms with van der Waals surface area (Å²) >= 11 is 0. The second-order valence-corrected chi connectivity index (χ2v) is 3.29. The van der Waals surface area contributed by atoms with Crippen molar-refractivity contribution in [3.63, 3.8) is 0 Å².